The highest BCUT2D eigenvalue weighted by atomic mass is 16.6. The van der Waals surface area contributed by atoms with Crippen LogP contribution in [0.5, 0.6) is 5.75 Å². The Morgan fingerprint density at radius 3 is 2.76 bits per heavy atom. The molecule has 1 N–H and O–H groups in total. The largest absolute Gasteiger partial charge is 0.497 e. The number of ether oxygens (including phenoxy) is 2. The Hall–Kier alpha value is -3.52. The molecule has 2 aromatic heterocycles. The molecule has 6 rings (SSSR count). The maximum atomic E-state index is 13.4. The smallest absolute Gasteiger partial charge is 0.343 e. The van der Waals surface area contributed by atoms with Gasteiger partial charge < -0.3 is 19.1 Å². The molecule has 3 aliphatic rings. The van der Waals surface area contributed by atoms with E-state index in [4.69, 9.17) is 14.5 Å². The number of carbonyl (C=O) groups is 2. The molecular formula is C25H22N2O6. The van der Waals surface area contributed by atoms with Crippen molar-refractivity contribution in [2.24, 2.45) is 5.92 Å². The first kappa shape index (κ1) is 20.1. The van der Waals surface area contributed by atoms with E-state index in [1.807, 2.05) is 6.07 Å². The summed E-state index contributed by atoms with van der Waals surface area (Å²) in [6, 6.07) is 7.07. The van der Waals surface area contributed by atoms with Crippen LogP contribution in [0, 0.1) is 5.92 Å². The molecule has 0 bridgehead atoms. The number of rotatable bonds is 4. The molecule has 8 nitrogen and oxygen atoms in total. The number of hydrogen-bond donors (Lipinski definition) is 1. The molecule has 0 radical (unpaired) electrons. The van der Waals surface area contributed by atoms with Crippen molar-refractivity contribution < 1.29 is 24.2 Å². The Morgan fingerprint density at radius 2 is 2.06 bits per heavy atom. The first-order valence-electron chi connectivity index (χ1n) is 11.1. The molecule has 1 saturated carbocycles. The third-order valence-corrected chi connectivity index (χ3v) is 7.09. The lowest BCUT2D eigenvalue weighted by Crippen LogP contribution is -2.44. The van der Waals surface area contributed by atoms with Crippen LogP contribution < -0.4 is 10.3 Å². The van der Waals surface area contributed by atoms with E-state index in [2.05, 4.69) is 0 Å². The van der Waals surface area contributed by atoms with Crippen molar-refractivity contribution in [2.45, 2.75) is 44.9 Å². The van der Waals surface area contributed by atoms with Gasteiger partial charge in [-0.1, -0.05) is 6.92 Å². The fraction of sp³-hybridized carbons (Fsp3) is 0.360. The molecule has 33 heavy (non-hydrogen) atoms. The zero-order valence-electron chi connectivity index (χ0n) is 18.3. The van der Waals surface area contributed by atoms with Crippen molar-refractivity contribution in [3.05, 3.63) is 56.9 Å². The van der Waals surface area contributed by atoms with Crippen LogP contribution in [-0.2, 0) is 28.3 Å². The van der Waals surface area contributed by atoms with Crippen molar-refractivity contribution in [1.82, 2.24) is 9.55 Å². The number of aliphatic hydroxyl groups is 1. The van der Waals surface area contributed by atoms with E-state index in [9.17, 15) is 19.5 Å². The number of fused-ring (bicyclic) bond motifs is 5. The number of ketones is 1. The zero-order chi connectivity index (χ0) is 23.1. The fourth-order valence-corrected chi connectivity index (χ4v) is 5.02. The number of nitrogens with zero attached hydrogens (tertiary/aromatic N) is 2. The lowest BCUT2D eigenvalue weighted by molar-refractivity contribution is -0.172. The van der Waals surface area contributed by atoms with Gasteiger partial charge in [0.2, 0.25) is 0 Å². The molecule has 1 aliphatic carbocycles. The number of aromatic nitrogens is 2. The summed E-state index contributed by atoms with van der Waals surface area (Å²) in [4.78, 5) is 44.0. The average molecular weight is 446 g/mol. The van der Waals surface area contributed by atoms with Crippen molar-refractivity contribution in [2.75, 3.05) is 7.11 Å². The van der Waals surface area contributed by atoms with Gasteiger partial charge in [0.1, 0.15) is 12.4 Å². The maximum Gasteiger partial charge on any atom is 0.343 e. The average Bonchev–Trinajstić information content (AvgIpc) is 3.61. The van der Waals surface area contributed by atoms with Gasteiger partial charge in [0, 0.05) is 28.0 Å². The number of pyridine rings is 2. The Balaban J connectivity index is 1.66. The van der Waals surface area contributed by atoms with Crippen LogP contribution in [0.4, 0.5) is 0 Å². The highest BCUT2D eigenvalue weighted by Crippen LogP contribution is 2.43. The predicted octanol–water partition coefficient (Wildman–Crippen LogP) is 2.68. The van der Waals surface area contributed by atoms with Crippen LogP contribution >= 0.6 is 0 Å². The summed E-state index contributed by atoms with van der Waals surface area (Å²) in [5.74, 6) is -0.0963. The fourth-order valence-electron chi connectivity index (χ4n) is 5.02. The Kier molecular flexibility index (Phi) is 4.11. The number of carbonyl (C=O) groups excluding carboxylic acids is 2. The van der Waals surface area contributed by atoms with Gasteiger partial charge in [0.25, 0.3) is 5.56 Å². The van der Waals surface area contributed by atoms with Crippen LogP contribution in [0.15, 0.2) is 29.1 Å². The van der Waals surface area contributed by atoms with E-state index < -0.39 is 11.6 Å². The quantitative estimate of drug-likeness (QED) is 0.379. The van der Waals surface area contributed by atoms with Gasteiger partial charge >= 0.3 is 5.97 Å². The lowest BCUT2D eigenvalue weighted by atomic mass is 9.86. The summed E-state index contributed by atoms with van der Waals surface area (Å²) in [7, 11) is 1.57. The Bertz CT molecular complexity index is 1450. The second-order valence-electron chi connectivity index (χ2n) is 8.94. The van der Waals surface area contributed by atoms with Crippen molar-refractivity contribution in [3.63, 3.8) is 0 Å². The van der Waals surface area contributed by atoms with E-state index in [-0.39, 0.29) is 48.0 Å². The number of hydrogen-bond acceptors (Lipinski definition) is 7. The minimum atomic E-state index is -1.89. The standard InChI is InChI=1S/C25H22N2O6/c1-3-25(31)17-9-19-21-15(10-27(19)23(29)16(17)11-33-24(25)30)20(22(28)12-4-5-12)14-8-13(32-2)6-7-18(14)26-21/h6-9,12,31H,3-5,10-11H2,1-2H3/t25-/m0/s1. The van der Waals surface area contributed by atoms with Gasteiger partial charge in [0.15, 0.2) is 11.4 Å². The van der Waals surface area contributed by atoms with Crippen LogP contribution in [0.2, 0.25) is 0 Å². The molecule has 1 fully saturated rings. The summed E-state index contributed by atoms with van der Waals surface area (Å²) in [6.45, 7) is 1.68. The number of Topliss-reactive ketones (excluding diaryl/α,β-unsaturated/α-hetero) is 1. The number of esters is 1. The number of cyclic esters (lactones) is 1. The van der Waals surface area contributed by atoms with Gasteiger partial charge in [-0.3, -0.25) is 9.59 Å². The molecule has 8 heteroatoms. The topological polar surface area (TPSA) is 108 Å². The first-order chi connectivity index (χ1) is 15.9. The van der Waals surface area contributed by atoms with Gasteiger partial charge in [0.05, 0.1) is 36.1 Å². The van der Waals surface area contributed by atoms with Crippen LogP contribution in [-0.4, -0.2) is 33.5 Å². The highest BCUT2D eigenvalue weighted by molar-refractivity contribution is 6.12. The lowest BCUT2D eigenvalue weighted by Gasteiger charge is -2.31. The summed E-state index contributed by atoms with van der Waals surface area (Å²) >= 11 is 0. The van der Waals surface area contributed by atoms with Gasteiger partial charge in [-0.25, -0.2) is 9.78 Å². The predicted molar refractivity (Wildman–Crippen MR) is 118 cm³/mol. The first-order valence-corrected chi connectivity index (χ1v) is 11.1. The number of methoxy groups -OCH3 is 1. The van der Waals surface area contributed by atoms with E-state index in [1.54, 1.807) is 36.8 Å². The van der Waals surface area contributed by atoms with Crippen molar-refractivity contribution in [1.29, 1.82) is 0 Å². The van der Waals surface area contributed by atoms with E-state index >= 15 is 0 Å². The van der Waals surface area contributed by atoms with E-state index in [0.29, 0.717) is 39.2 Å². The van der Waals surface area contributed by atoms with Crippen LogP contribution in [0.25, 0.3) is 22.3 Å². The normalized spacial score (nSPS) is 20.8. The number of benzene rings is 1. The maximum absolute atomic E-state index is 13.4. The SMILES string of the molecule is CC[C@@]1(O)C(=O)OCc2c1cc1n(c2=O)Cc2c-1nc1ccc(OC)cc1c2C(=O)C1CC1. The van der Waals surface area contributed by atoms with Crippen LogP contribution in [0.1, 0.15) is 53.2 Å². The monoisotopic (exact) mass is 446 g/mol. The minimum Gasteiger partial charge on any atom is -0.497 e. The molecule has 2 aliphatic heterocycles. The molecule has 0 spiro atoms. The summed E-state index contributed by atoms with van der Waals surface area (Å²) in [5.41, 5.74) is 1.23. The molecule has 1 atom stereocenters. The Labute approximate surface area is 188 Å². The molecule has 1 aromatic carbocycles. The van der Waals surface area contributed by atoms with E-state index in [1.165, 1.54) is 0 Å². The third-order valence-electron chi connectivity index (χ3n) is 7.09. The van der Waals surface area contributed by atoms with Crippen LogP contribution in [0.3, 0.4) is 0 Å². The van der Waals surface area contributed by atoms with Crippen molar-refractivity contribution >= 4 is 22.7 Å². The molecule has 0 saturated heterocycles. The summed E-state index contributed by atoms with van der Waals surface area (Å²) in [6.07, 6.45) is 1.78. The van der Waals surface area contributed by atoms with Crippen molar-refractivity contribution in [3.8, 4) is 17.1 Å². The zero-order valence-corrected chi connectivity index (χ0v) is 18.3. The van der Waals surface area contributed by atoms with E-state index in [0.717, 1.165) is 12.8 Å². The second kappa shape index (κ2) is 6.74. The summed E-state index contributed by atoms with van der Waals surface area (Å²) < 4.78 is 12.1. The molecule has 4 heterocycles. The molecule has 0 amide bonds. The van der Waals surface area contributed by atoms with Gasteiger partial charge in [-0.15, -0.1) is 0 Å². The van der Waals surface area contributed by atoms with Gasteiger partial charge in [-0.05, 0) is 43.5 Å². The molecule has 168 valence electrons. The molecule has 3 aromatic rings. The van der Waals surface area contributed by atoms with Gasteiger partial charge in [-0.2, -0.15) is 0 Å². The minimum absolute atomic E-state index is 0.0178. The highest BCUT2D eigenvalue weighted by Gasteiger charge is 2.46. The molecular weight excluding hydrogens is 424 g/mol. The second-order valence-corrected chi connectivity index (χ2v) is 8.94. The Morgan fingerprint density at radius 1 is 1.27 bits per heavy atom. The third kappa shape index (κ3) is 2.67. The summed E-state index contributed by atoms with van der Waals surface area (Å²) in [5, 5.41) is 11.8. The molecule has 0 unspecified atom stereocenters.